The van der Waals surface area contributed by atoms with Gasteiger partial charge in [-0.3, -0.25) is 4.90 Å². The molecule has 0 spiro atoms. The molecule has 0 aliphatic heterocycles. The summed E-state index contributed by atoms with van der Waals surface area (Å²) in [7, 11) is 0. The fourth-order valence-corrected chi connectivity index (χ4v) is 2.04. The molecule has 20 heavy (non-hydrogen) atoms. The van der Waals surface area contributed by atoms with Crippen molar-refractivity contribution in [1.29, 1.82) is 0 Å². The molecule has 0 saturated carbocycles. The Balaban J connectivity index is 5.28. The number of carboxylic acid groups (broad SMARTS) is 1. The van der Waals surface area contributed by atoms with Gasteiger partial charge in [-0.05, 0) is 25.2 Å². The summed E-state index contributed by atoms with van der Waals surface area (Å²) >= 11 is 0. The second-order valence-corrected chi connectivity index (χ2v) is 5.88. The van der Waals surface area contributed by atoms with E-state index in [-0.39, 0.29) is 11.8 Å². The highest BCUT2D eigenvalue weighted by Crippen LogP contribution is 2.29. The monoisotopic (exact) mass is 287 g/mol. The number of hydrogen-bond donors (Lipinski definition) is 1. The van der Waals surface area contributed by atoms with Crippen LogP contribution in [0.4, 0.5) is 4.79 Å². The molecule has 0 aromatic rings. The molecule has 0 saturated heterocycles. The molecule has 0 aliphatic carbocycles. The van der Waals surface area contributed by atoms with Gasteiger partial charge < -0.3 is 9.84 Å². The van der Waals surface area contributed by atoms with Crippen LogP contribution in [0, 0.1) is 11.8 Å². The quantitative estimate of drug-likeness (QED) is 0.743. The zero-order valence-corrected chi connectivity index (χ0v) is 13.6. The molecule has 2 atom stereocenters. The largest absolute Gasteiger partial charge is 0.479 e. The Hall–Kier alpha value is -1.26. The van der Waals surface area contributed by atoms with Crippen molar-refractivity contribution in [3.8, 4) is 0 Å². The van der Waals surface area contributed by atoms with Gasteiger partial charge in [-0.15, -0.1) is 0 Å². The molecular formula is C15H29NO4. The van der Waals surface area contributed by atoms with Gasteiger partial charge in [0.1, 0.15) is 5.54 Å². The highest BCUT2D eigenvalue weighted by atomic mass is 16.6. The lowest BCUT2D eigenvalue weighted by Crippen LogP contribution is -2.59. The molecule has 0 heterocycles. The molecule has 0 radical (unpaired) electrons. The fourth-order valence-electron chi connectivity index (χ4n) is 2.04. The average Bonchev–Trinajstić information content (AvgIpc) is 2.39. The number of ether oxygens (including phenoxy) is 1. The van der Waals surface area contributed by atoms with Crippen molar-refractivity contribution in [2.45, 2.75) is 59.9 Å². The van der Waals surface area contributed by atoms with Gasteiger partial charge in [-0.25, -0.2) is 9.59 Å². The van der Waals surface area contributed by atoms with Gasteiger partial charge in [-0.2, -0.15) is 0 Å². The molecule has 0 rings (SSSR count). The van der Waals surface area contributed by atoms with Gasteiger partial charge in [-0.1, -0.05) is 41.0 Å². The van der Waals surface area contributed by atoms with Crippen LogP contribution in [0.1, 0.15) is 54.4 Å². The smallest absolute Gasteiger partial charge is 0.410 e. The molecule has 1 amide bonds. The number of rotatable bonds is 8. The van der Waals surface area contributed by atoms with Crippen LogP contribution in [0.3, 0.4) is 0 Å². The summed E-state index contributed by atoms with van der Waals surface area (Å²) in [5.74, 6) is -0.915. The zero-order valence-electron chi connectivity index (χ0n) is 13.6. The molecule has 118 valence electrons. The third-order valence-electron chi connectivity index (χ3n) is 3.77. The number of carboxylic acids is 1. The summed E-state index contributed by atoms with van der Waals surface area (Å²) < 4.78 is 5.23. The second kappa shape index (κ2) is 8.12. The Morgan fingerprint density at radius 3 is 2.15 bits per heavy atom. The Bertz CT molecular complexity index is 330. The standard InChI is InChI=1S/C15H29NO4/c1-7-9-16(14(19)20-10-11(3)4)15(6,13(17)18)12(5)8-2/h11-12H,7-10H2,1-6H3,(H,17,18). The number of aliphatic carboxylic acids is 1. The van der Waals surface area contributed by atoms with Crippen molar-refractivity contribution in [3.63, 3.8) is 0 Å². The Kier molecular flexibility index (Phi) is 7.61. The lowest BCUT2D eigenvalue weighted by Gasteiger charge is -2.41. The maximum atomic E-state index is 12.2. The minimum absolute atomic E-state index is 0.154. The minimum Gasteiger partial charge on any atom is -0.479 e. The van der Waals surface area contributed by atoms with E-state index >= 15 is 0 Å². The third kappa shape index (κ3) is 4.39. The van der Waals surface area contributed by atoms with Crippen LogP contribution in [-0.2, 0) is 9.53 Å². The normalized spacial score (nSPS) is 15.6. The number of hydrogen-bond acceptors (Lipinski definition) is 3. The first-order valence-corrected chi connectivity index (χ1v) is 7.39. The van der Waals surface area contributed by atoms with Crippen LogP contribution in [0.2, 0.25) is 0 Å². The summed E-state index contributed by atoms with van der Waals surface area (Å²) in [5, 5.41) is 9.61. The second-order valence-electron chi connectivity index (χ2n) is 5.88. The van der Waals surface area contributed by atoms with Gasteiger partial charge in [0.25, 0.3) is 0 Å². The highest BCUT2D eigenvalue weighted by molar-refractivity contribution is 5.84. The lowest BCUT2D eigenvalue weighted by molar-refractivity contribution is -0.153. The third-order valence-corrected chi connectivity index (χ3v) is 3.77. The molecule has 0 bridgehead atoms. The zero-order chi connectivity index (χ0) is 15.9. The van der Waals surface area contributed by atoms with Crippen molar-refractivity contribution >= 4 is 12.1 Å². The highest BCUT2D eigenvalue weighted by Gasteiger charge is 2.46. The predicted molar refractivity (Wildman–Crippen MR) is 78.7 cm³/mol. The maximum absolute atomic E-state index is 12.2. The van der Waals surface area contributed by atoms with Crippen LogP contribution in [0.25, 0.3) is 0 Å². The number of carbonyl (C=O) groups excluding carboxylic acids is 1. The average molecular weight is 287 g/mol. The molecule has 5 nitrogen and oxygen atoms in total. The van der Waals surface area contributed by atoms with E-state index in [4.69, 9.17) is 4.74 Å². The van der Waals surface area contributed by atoms with E-state index in [1.165, 1.54) is 4.90 Å². The van der Waals surface area contributed by atoms with Crippen LogP contribution in [-0.4, -0.2) is 40.8 Å². The minimum atomic E-state index is -1.24. The van der Waals surface area contributed by atoms with Crippen molar-refractivity contribution in [1.82, 2.24) is 4.90 Å². The Labute approximate surface area is 122 Å². The molecular weight excluding hydrogens is 258 g/mol. The van der Waals surface area contributed by atoms with Crippen LogP contribution in [0.15, 0.2) is 0 Å². The summed E-state index contributed by atoms with van der Waals surface area (Å²) in [6, 6.07) is 0. The first-order valence-electron chi connectivity index (χ1n) is 7.39. The van der Waals surface area contributed by atoms with Crippen LogP contribution in [0.5, 0.6) is 0 Å². The first kappa shape index (κ1) is 18.7. The first-order chi connectivity index (χ1) is 9.21. The number of nitrogens with zero attached hydrogens (tertiary/aromatic N) is 1. The van der Waals surface area contributed by atoms with Gasteiger partial charge in [0.15, 0.2) is 0 Å². The summed E-state index contributed by atoms with van der Waals surface area (Å²) in [6.07, 6.45) is 0.835. The molecule has 0 aliphatic rings. The maximum Gasteiger partial charge on any atom is 0.410 e. The Morgan fingerprint density at radius 1 is 1.25 bits per heavy atom. The lowest BCUT2D eigenvalue weighted by atomic mass is 9.83. The molecule has 0 fully saturated rings. The van der Waals surface area contributed by atoms with Crippen molar-refractivity contribution < 1.29 is 19.4 Å². The number of amides is 1. The molecule has 1 N–H and O–H groups in total. The van der Waals surface area contributed by atoms with E-state index in [2.05, 4.69) is 0 Å². The van der Waals surface area contributed by atoms with Crippen LogP contribution >= 0.6 is 0 Å². The van der Waals surface area contributed by atoms with E-state index < -0.39 is 17.6 Å². The summed E-state index contributed by atoms with van der Waals surface area (Å²) in [4.78, 5) is 25.3. The summed E-state index contributed by atoms with van der Waals surface area (Å²) in [6.45, 7) is 11.9. The number of carbonyl (C=O) groups is 2. The van der Waals surface area contributed by atoms with E-state index in [0.717, 1.165) is 0 Å². The van der Waals surface area contributed by atoms with Gasteiger partial charge in [0.05, 0.1) is 6.61 Å². The predicted octanol–water partition coefficient (Wildman–Crippen LogP) is 3.38. The van der Waals surface area contributed by atoms with E-state index in [9.17, 15) is 14.7 Å². The van der Waals surface area contributed by atoms with E-state index in [0.29, 0.717) is 26.0 Å². The molecule has 5 heteroatoms. The SMILES string of the molecule is CCCN(C(=O)OCC(C)C)C(C)(C(=O)O)C(C)CC. The van der Waals surface area contributed by atoms with Gasteiger partial charge >= 0.3 is 12.1 Å². The molecule has 2 unspecified atom stereocenters. The summed E-state index contributed by atoms with van der Waals surface area (Å²) in [5.41, 5.74) is -1.24. The molecule has 0 aromatic carbocycles. The van der Waals surface area contributed by atoms with Crippen molar-refractivity contribution in [2.75, 3.05) is 13.2 Å². The van der Waals surface area contributed by atoms with E-state index in [1.54, 1.807) is 6.92 Å². The Morgan fingerprint density at radius 2 is 1.80 bits per heavy atom. The van der Waals surface area contributed by atoms with Gasteiger partial charge in [0.2, 0.25) is 0 Å². The van der Waals surface area contributed by atoms with Crippen molar-refractivity contribution in [3.05, 3.63) is 0 Å². The topological polar surface area (TPSA) is 66.8 Å². The van der Waals surface area contributed by atoms with Crippen molar-refractivity contribution in [2.24, 2.45) is 11.8 Å². The molecule has 0 aromatic heterocycles. The fraction of sp³-hybridized carbons (Fsp3) is 0.867. The van der Waals surface area contributed by atoms with E-state index in [1.807, 2.05) is 34.6 Å². The van der Waals surface area contributed by atoms with Crippen LogP contribution < -0.4 is 0 Å². The van der Waals surface area contributed by atoms with Gasteiger partial charge in [0, 0.05) is 6.54 Å².